The molecule has 0 aliphatic heterocycles. The first kappa shape index (κ1) is 24.2. The number of halogens is 1. The maximum Gasteiger partial charge on any atom is 0.332 e. The number of hydrogen-bond acceptors (Lipinski definition) is 7. The molecule has 0 unspecified atom stereocenters. The van der Waals surface area contributed by atoms with Gasteiger partial charge in [-0.1, -0.05) is 23.7 Å². The van der Waals surface area contributed by atoms with Crippen molar-refractivity contribution >= 4 is 39.7 Å². The monoisotopic (exact) mass is 523 g/mol. The van der Waals surface area contributed by atoms with E-state index in [-0.39, 0.29) is 42.3 Å². The van der Waals surface area contributed by atoms with Crippen molar-refractivity contribution in [3.05, 3.63) is 84.9 Å². The molecule has 5 rings (SSSR count). The van der Waals surface area contributed by atoms with Gasteiger partial charge in [0, 0.05) is 25.7 Å². The standard InChI is InChI=1S/C23H22ClN9O4/c1-29-20-18(22(36)30(2)23(29)37)31(12-27-20)11-17(34)25-6-7-33-19-16(9-28-33)21(35)32(13-26-19)10-14-4-3-5-15(24)8-14/h3-5,8-9,12-13H,6-7,10-11H2,1-2H3,(H,25,34). The molecule has 4 aromatic heterocycles. The van der Waals surface area contributed by atoms with Gasteiger partial charge < -0.3 is 9.88 Å². The maximum absolute atomic E-state index is 12.9. The average Bonchev–Trinajstić information content (AvgIpc) is 3.48. The predicted molar refractivity (Wildman–Crippen MR) is 136 cm³/mol. The number of imidazole rings is 1. The third-order valence-electron chi connectivity index (χ3n) is 6.04. The van der Waals surface area contributed by atoms with Gasteiger partial charge in [-0.05, 0) is 17.7 Å². The second-order valence-electron chi connectivity index (χ2n) is 8.51. The van der Waals surface area contributed by atoms with E-state index >= 15 is 0 Å². The minimum Gasteiger partial charge on any atom is -0.353 e. The summed E-state index contributed by atoms with van der Waals surface area (Å²) in [4.78, 5) is 58.6. The highest BCUT2D eigenvalue weighted by atomic mass is 35.5. The normalized spacial score (nSPS) is 11.4. The smallest absolute Gasteiger partial charge is 0.332 e. The summed E-state index contributed by atoms with van der Waals surface area (Å²) in [6, 6.07) is 7.24. The lowest BCUT2D eigenvalue weighted by Crippen LogP contribution is -2.38. The van der Waals surface area contributed by atoms with Gasteiger partial charge in [0.1, 0.15) is 18.3 Å². The molecular weight excluding hydrogens is 502 g/mol. The molecule has 0 atom stereocenters. The summed E-state index contributed by atoms with van der Waals surface area (Å²) >= 11 is 6.03. The number of fused-ring (bicyclic) bond motifs is 2. The van der Waals surface area contributed by atoms with E-state index in [9.17, 15) is 19.2 Å². The zero-order chi connectivity index (χ0) is 26.3. The van der Waals surface area contributed by atoms with Crippen LogP contribution in [0.2, 0.25) is 5.02 Å². The Balaban J connectivity index is 1.26. The largest absolute Gasteiger partial charge is 0.353 e. The van der Waals surface area contributed by atoms with Gasteiger partial charge in [0.15, 0.2) is 16.8 Å². The zero-order valence-electron chi connectivity index (χ0n) is 20.0. The van der Waals surface area contributed by atoms with Gasteiger partial charge >= 0.3 is 5.69 Å². The first-order valence-electron chi connectivity index (χ1n) is 11.3. The van der Waals surface area contributed by atoms with Crippen LogP contribution in [0.5, 0.6) is 0 Å². The number of carbonyl (C=O) groups excluding carboxylic acids is 1. The summed E-state index contributed by atoms with van der Waals surface area (Å²) in [5.74, 6) is -0.358. The van der Waals surface area contributed by atoms with Crippen LogP contribution in [0.3, 0.4) is 0 Å². The van der Waals surface area contributed by atoms with Crippen LogP contribution in [-0.4, -0.2) is 50.5 Å². The lowest BCUT2D eigenvalue weighted by Gasteiger charge is -2.09. The second kappa shape index (κ2) is 9.50. The van der Waals surface area contributed by atoms with Crippen molar-refractivity contribution < 1.29 is 4.79 Å². The van der Waals surface area contributed by atoms with Gasteiger partial charge in [-0.15, -0.1) is 0 Å². The van der Waals surface area contributed by atoms with E-state index in [1.165, 1.54) is 46.6 Å². The number of aromatic nitrogens is 8. The van der Waals surface area contributed by atoms with Crippen LogP contribution in [0.1, 0.15) is 5.56 Å². The number of nitrogens with one attached hydrogen (secondary N) is 1. The fourth-order valence-electron chi connectivity index (χ4n) is 4.13. The molecule has 1 N–H and O–H groups in total. The molecule has 0 spiro atoms. The Morgan fingerprint density at radius 1 is 1.00 bits per heavy atom. The summed E-state index contributed by atoms with van der Waals surface area (Å²) in [5, 5.41) is 7.96. The van der Waals surface area contributed by atoms with Gasteiger partial charge in [0.05, 0.1) is 25.6 Å². The third kappa shape index (κ3) is 4.44. The number of nitrogens with zero attached hydrogens (tertiary/aromatic N) is 8. The Bertz CT molecular complexity index is 1840. The highest BCUT2D eigenvalue weighted by Gasteiger charge is 2.16. The fourth-order valence-corrected chi connectivity index (χ4v) is 4.35. The molecule has 0 radical (unpaired) electrons. The third-order valence-corrected chi connectivity index (χ3v) is 6.28. The lowest BCUT2D eigenvalue weighted by atomic mass is 10.2. The van der Waals surface area contributed by atoms with E-state index in [4.69, 9.17) is 11.6 Å². The van der Waals surface area contributed by atoms with Crippen molar-refractivity contribution in [1.29, 1.82) is 0 Å². The Hall–Kier alpha value is -4.52. The van der Waals surface area contributed by atoms with Gasteiger partial charge in [-0.3, -0.25) is 28.1 Å². The van der Waals surface area contributed by atoms with Crippen molar-refractivity contribution in [2.75, 3.05) is 6.54 Å². The molecule has 14 heteroatoms. The second-order valence-corrected chi connectivity index (χ2v) is 8.95. The molecule has 0 aliphatic rings. The molecule has 190 valence electrons. The average molecular weight is 524 g/mol. The minimum atomic E-state index is -0.529. The molecule has 0 fully saturated rings. The lowest BCUT2D eigenvalue weighted by molar-refractivity contribution is -0.121. The van der Waals surface area contributed by atoms with E-state index in [0.717, 1.165) is 10.1 Å². The molecule has 0 aliphatic carbocycles. The molecule has 1 amide bonds. The van der Waals surface area contributed by atoms with Crippen molar-refractivity contribution in [2.24, 2.45) is 14.1 Å². The molecule has 13 nitrogen and oxygen atoms in total. The van der Waals surface area contributed by atoms with Crippen LogP contribution in [0.15, 0.2) is 57.5 Å². The van der Waals surface area contributed by atoms with E-state index in [1.54, 1.807) is 16.8 Å². The van der Waals surface area contributed by atoms with E-state index in [0.29, 0.717) is 22.6 Å². The molecule has 0 saturated carbocycles. The van der Waals surface area contributed by atoms with E-state index < -0.39 is 11.2 Å². The van der Waals surface area contributed by atoms with E-state index in [1.807, 2.05) is 12.1 Å². The quantitative estimate of drug-likeness (QED) is 0.312. The van der Waals surface area contributed by atoms with Gasteiger partial charge in [-0.25, -0.2) is 19.4 Å². The van der Waals surface area contributed by atoms with Crippen LogP contribution < -0.4 is 22.1 Å². The van der Waals surface area contributed by atoms with Gasteiger partial charge in [-0.2, -0.15) is 5.10 Å². The predicted octanol–water partition coefficient (Wildman–Crippen LogP) is -0.142. The summed E-state index contributed by atoms with van der Waals surface area (Å²) < 4.78 is 6.65. The van der Waals surface area contributed by atoms with Crippen molar-refractivity contribution in [1.82, 2.24) is 43.3 Å². The number of amides is 1. The van der Waals surface area contributed by atoms with Gasteiger partial charge in [0.2, 0.25) is 5.91 Å². The molecule has 37 heavy (non-hydrogen) atoms. The van der Waals surface area contributed by atoms with Crippen LogP contribution >= 0.6 is 11.6 Å². The molecule has 0 saturated heterocycles. The number of benzene rings is 1. The summed E-state index contributed by atoms with van der Waals surface area (Å²) in [6.45, 7) is 0.660. The topological polar surface area (TPSA) is 144 Å². The van der Waals surface area contributed by atoms with Crippen LogP contribution in [0.25, 0.3) is 22.2 Å². The highest BCUT2D eigenvalue weighted by Crippen LogP contribution is 2.12. The highest BCUT2D eigenvalue weighted by molar-refractivity contribution is 6.30. The van der Waals surface area contributed by atoms with Crippen molar-refractivity contribution in [2.45, 2.75) is 19.6 Å². The number of carbonyl (C=O) groups is 1. The fraction of sp³-hybridized carbons (Fsp3) is 0.261. The molecule has 0 bridgehead atoms. The maximum atomic E-state index is 12.9. The minimum absolute atomic E-state index is 0.156. The molecule has 4 heterocycles. The Morgan fingerprint density at radius 2 is 1.76 bits per heavy atom. The first-order valence-corrected chi connectivity index (χ1v) is 11.7. The van der Waals surface area contributed by atoms with Gasteiger partial charge in [0.25, 0.3) is 11.1 Å². The Morgan fingerprint density at radius 3 is 2.54 bits per heavy atom. The Labute approximate surface area is 213 Å². The number of hydrogen-bond donors (Lipinski definition) is 1. The summed E-state index contributed by atoms with van der Waals surface area (Å²) in [7, 11) is 2.88. The first-order chi connectivity index (χ1) is 17.7. The molecule has 1 aromatic carbocycles. The molecular formula is C23H22ClN9O4. The number of aryl methyl sites for hydroxylation is 1. The van der Waals surface area contributed by atoms with Crippen LogP contribution in [0.4, 0.5) is 0 Å². The zero-order valence-corrected chi connectivity index (χ0v) is 20.7. The Kier molecular flexibility index (Phi) is 6.21. The van der Waals surface area contributed by atoms with Crippen LogP contribution in [-0.2, 0) is 38.5 Å². The van der Waals surface area contributed by atoms with Crippen LogP contribution in [0, 0.1) is 0 Å². The van der Waals surface area contributed by atoms with Crippen molar-refractivity contribution in [3.8, 4) is 0 Å². The van der Waals surface area contributed by atoms with E-state index in [2.05, 4.69) is 20.4 Å². The summed E-state index contributed by atoms with van der Waals surface area (Å²) in [6.07, 6.45) is 4.27. The SMILES string of the molecule is Cn1c(=O)c2c(ncn2CC(=O)NCCn2ncc3c(=O)n(Cc4cccc(Cl)c4)cnc32)n(C)c1=O. The number of rotatable bonds is 7. The van der Waals surface area contributed by atoms with Crippen molar-refractivity contribution in [3.63, 3.8) is 0 Å². The summed E-state index contributed by atoms with van der Waals surface area (Å²) in [5.41, 5.74) is 0.389. The molecule has 5 aromatic rings.